The second-order valence-corrected chi connectivity index (χ2v) is 4.24. The van der Waals surface area contributed by atoms with E-state index in [0.29, 0.717) is 0 Å². The molecule has 0 aliphatic rings. The van der Waals surface area contributed by atoms with Crippen LogP contribution < -0.4 is 5.73 Å². The zero-order chi connectivity index (χ0) is 11.3. The van der Waals surface area contributed by atoms with Crippen molar-refractivity contribution in [3.05, 3.63) is 35.9 Å². The van der Waals surface area contributed by atoms with Gasteiger partial charge in [0.1, 0.15) is 0 Å². The predicted octanol–water partition coefficient (Wildman–Crippen LogP) is 3.48. The van der Waals surface area contributed by atoms with Crippen LogP contribution in [-0.2, 0) is 5.41 Å². The van der Waals surface area contributed by atoms with Crippen LogP contribution >= 0.6 is 0 Å². The van der Waals surface area contributed by atoms with Gasteiger partial charge in [-0.25, -0.2) is 0 Å². The van der Waals surface area contributed by atoms with Crippen molar-refractivity contribution in [2.45, 2.75) is 51.5 Å². The Hall–Kier alpha value is -0.820. The van der Waals surface area contributed by atoms with Gasteiger partial charge in [-0.05, 0) is 24.8 Å². The summed E-state index contributed by atoms with van der Waals surface area (Å²) in [6.07, 6.45) is 3.27. The fourth-order valence-electron chi connectivity index (χ4n) is 2.56. The summed E-state index contributed by atoms with van der Waals surface area (Å²) in [6.45, 7) is 6.66. The number of nitrogens with two attached hydrogens (primary N) is 1. The Morgan fingerprint density at radius 1 is 1.07 bits per heavy atom. The van der Waals surface area contributed by atoms with Crippen LogP contribution in [-0.4, -0.2) is 6.04 Å². The monoisotopic (exact) mass is 205 g/mol. The van der Waals surface area contributed by atoms with E-state index in [-0.39, 0.29) is 11.5 Å². The van der Waals surface area contributed by atoms with Gasteiger partial charge in [0.25, 0.3) is 0 Å². The van der Waals surface area contributed by atoms with Crippen molar-refractivity contribution in [1.29, 1.82) is 0 Å². The molecule has 0 bridgehead atoms. The second kappa shape index (κ2) is 5.32. The van der Waals surface area contributed by atoms with Gasteiger partial charge in [0.05, 0.1) is 0 Å². The first-order valence-electron chi connectivity index (χ1n) is 6.02. The van der Waals surface area contributed by atoms with Gasteiger partial charge in [-0.2, -0.15) is 0 Å². The van der Waals surface area contributed by atoms with Gasteiger partial charge in [0.15, 0.2) is 0 Å². The van der Waals surface area contributed by atoms with E-state index in [9.17, 15) is 0 Å². The maximum atomic E-state index is 6.31. The van der Waals surface area contributed by atoms with Crippen molar-refractivity contribution >= 4 is 0 Å². The molecular formula is C14H23N. The van der Waals surface area contributed by atoms with Crippen molar-refractivity contribution in [3.8, 4) is 0 Å². The van der Waals surface area contributed by atoms with Crippen molar-refractivity contribution < 1.29 is 0 Å². The highest BCUT2D eigenvalue weighted by Crippen LogP contribution is 2.35. The number of rotatable bonds is 5. The molecule has 0 aliphatic heterocycles. The fraction of sp³-hybridized carbons (Fsp3) is 0.571. The molecule has 1 atom stereocenters. The van der Waals surface area contributed by atoms with Crippen LogP contribution in [0.1, 0.15) is 45.6 Å². The van der Waals surface area contributed by atoms with Gasteiger partial charge in [0, 0.05) is 11.5 Å². The van der Waals surface area contributed by atoms with Gasteiger partial charge >= 0.3 is 0 Å². The van der Waals surface area contributed by atoms with Crippen molar-refractivity contribution in [2.24, 2.45) is 5.73 Å². The van der Waals surface area contributed by atoms with Crippen LogP contribution in [0.15, 0.2) is 30.3 Å². The lowest BCUT2D eigenvalue weighted by molar-refractivity contribution is 0.310. The fourth-order valence-corrected chi connectivity index (χ4v) is 2.56. The van der Waals surface area contributed by atoms with Gasteiger partial charge in [-0.1, -0.05) is 51.1 Å². The molecule has 1 aromatic carbocycles. The summed E-state index contributed by atoms with van der Waals surface area (Å²) >= 11 is 0. The molecule has 1 unspecified atom stereocenters. The van der Waals surface area contributed by atoms with Crippen LogP contribution in [0.5, 0.6) is 0 Å². The quantitative estimate of drug-likeness (QED) is 0.782. The zero-order valence-electron chi connectivity index (χ0n) is 10.2. The van der Waals surface area contributed by atoms with Crippen molar-refractivity contribution in [3.63, 3.8) is 0 Å². The number of benzene rings is 1. The summed E-state index contributed by atoms with van der Waals surface area (Å²) in [5.41, 5.74) is 7.86. The Morgan fingerprint density at radius 2 is 1.60 bits per heavy atom. The molecule has 1 rings (SSSR count). The smallest absolute Gasteiger partial charge is 0.0133 e. The molecule has 0 heterocycles. The zero-order valence-corrected chi connectivity index (χ0v) is 10.2. The van der Waals surface area contributed by atoms with E-state index in [1.165, 1.54) is 5.56 Å². The van der Waals surface area contributed by atoms with E-state index in [2.05, 4.69) is 51.1 Å². The highest BCUT2D eigenvalue weighted by atomic mass is 14.7. The molecule has 0 saturated heterocycles. The Bertz CT molecular complexity index is 275. The van der Waals surface area contributed by atoms with Gasteiger partial charge in [0.2, 0.25) is 0 Å². The molecule has 0 radical (unpaired) electrons. The van der Waals surface area contributed by atoms with E-state index in [0.717, 1.165) is 19.3 Å². The topological polar surface area (TPSA) is 26.0 Å². The molecular weight excluding hydrogens is 182 g/mol. The Kier molecular flexibility index (Phi) is 4.34. The maximum absolute atomic E-state index is 6.31. The molecule has 0 aliphatic carbocycles. The van der Waals surface area contributed by atoms with E-state index >= 15 is 0 Å². The lowest BCUT2D eigenvalue weighted by atomic mass is 9.69. The lowest BCUT2D eigenvalue weighted by Gasteiger charge is -2.38. The largest absolute Gasteiger partial charge is 0.327 e. The van der Waals surface area contributed by atoms with Gasteiger partial charge in [-0.3, -0.25) is 0 Å². The average molecular weight is 205 g/mol. The summed E-state index contributed by atoms with van der Waals surface area (Å²) < 4.78 is 0. The number of hydrogen-bond acceptors (Lipinski definition) is 1. The van der Waals surface area contributed by atoms with E-state index in [1.54, 1.807) is 0 Å². The summed E-state index contributed by atoms with van der Waals surface area (Å²) in [7, 11) is 0. The minimum absolute atomic E-state index is 0.163. The summed E-state index contributed by atoms with van der Waals surface area (Å²) in [6, 6.07) is 11.0. The maximum Gasteiger partial charge on any atom is 0.0133 e. The Labute approximate surface area is 93.7 Å². The third-order valence-corrected chi connectivity index (χ3v) is 3.76. The molecule has 1 aromatic rings. The Balaban J connectivity index is 3.11. The number of hydrogen-bond donors (Lipinski definition) is 1. The SMILES string of the molecule is CCC(N)C(CC)(CC)c1ccccc1. The normalized spacial score (nSPS) is 13.9. The molecule has 1 heteroatoms. The summed E-state index contributed by atoms with van der Waals surface area (Å²) in [5, 5.41) is 0. The third-order valence-electron chi connectivity index (χ3n) is 3.76. The van der Waals surface area contributed by atoms with E-state index in [1.807, 2.05) is 0 Å². The lowest BCUT2D eigenvalue weighted by Crippen LogP contribution is -2.44. The van der Waals surface area contributed by atoms with E-state index in [4.69, 9.17) is 5.73 Å². The molecule has 0 saturated carbocycles. The molecule has 84 valence electrons. The van der Waals surface area contributed by atoms with Crippen LogP contribution in [0, 0.1) is 0 Å². The van der Waals surface area contributed by atoms with Crippen molar-refractivity contribution in [2.75, 3.05) is 0 Å². The van der Waals surface area contributed by atoms with Crippen LogP contribution in [0.25, 0.3) is 0 Å². The van der Waals surface area contributed by atoms with Gasteiger partial charge in [-0.15, -0.1) is 0 Å². The minimum Gasteiger partial charge on any atom is -0.327 e. The summed E-state index contributed by atoms with van der Waals surface area (Å²) in [4.78, 5) is 0. The summed E-state index contributed by atoms with van der Waals surface area (Å²) in [5.74, 6) is 0. The molecule has 0 aromatic heterocycles. The average Bonchev–Trinajstić information content (AvgIpc) is 2.32. The first kappa shape index (κ1) is 12.3. The molecule has 0 amide bonds. The standard InChI is InChI=1S/C14H23N/c1-4-13(15)14(5-2,6-3)12-10-8-7-9-11-12/h7-11,13H,4-6,15H2,1-3H3. The first-order valence-corrected chi connectivity index (χ1v) is 6.02. The predicted molar refractivity (Wildman–Crippen MR) is 67.0 cm³/mol. The highest BCUT2D eigenvalue weighted by Gasteiger charge is 2.33. The third kappa shape index (κ3) is 2.23. The molecule has 0 fully saturated rings. The Morgan fingerprint density at radius 3 is 2.00 bits per heavy atom. The molecule has 1 nitrogen and oxygen atoms in total. The first-order chi connectivity index (χ1) is 7.21. The van der Waals surface area contributed by atoms with Crippen molar-refractivity contribution in [1.82, 2.24) is 0 Å². The van der Waals surface area contributed by atoms with E-state index < -0.39 is 0 Å². The van der Waals surface area contributed by atoms with Crippen LogP contribution in [0.2, 0.25) is 0 Å². The second-order valence-electron chi connectivity index (χ2n) is 4.24. The highest BCUT2D eigenvalue weighted by molar-refractivity contribution is 5.27. The van der Waals surface area contributed by atoms with Crippen LogP contribution in [0.4, 0.5) is 0 Å². The minimum atomic E-state index is 0.163. The van der Waals surface area contributed by atoms with Crippen LogP contribution in [0.3, 0.4) is 0 Å². The molecule has 15 heavy (non-hydrogen) atoms. The molecule has 2 N–H and O–H groups in total. The molecule has 0 spiro atoms. The van der Waals surface area contributed by atoms with Gasteiger partial charge < -0.3 is 5.73 Å².